The lowest BCUT2D eigenvalue weighted by molar-refractivity contribution is -0.242. The fraction of sp³-hybridized carbons (Fsp3) is 0.355. The van der Waals surface area contributed by atoms with Crippen molar-refractivity contribution in [3.63, 3.8) is 0 Å². The lowest BCUT2D eigenvalue weighted by Gasteiger charge is -2.72. The maximum absolute atomic E-state index is 13.7. The molecule has 0 saturated heterocycles. The predicted molar refractivity (Wildman–Crippen MR) is 150 cm³/mol. The Morgan fingerprint density at radius 3 is 2.29 bits per heavy atom. The number of alkyl halides is 3. The number of thiophene rings is 1. The first-order chi connectivity index (χ1) is 19.5. The van der Waals surface area contributed by atoms with Gasteiger partial charge in [0.05, 0.1) is 26.8 Å². The van der Waals surface area contributed by atoms with Crippen LogP contribution in [0.3, 0.4) is 0 Å². The molecule has 4 aromatic rings. The first-order valence-electron chi connectivity index (χ1n) is 13.5. The Balaban J connectivity index is 1.04. The highest BCUT2D eigenvalue weighted by molar-refractivity contribution is 7.23. The van der Waals surface area contributed by atoms with E-state index in [-0.39, 0.29) is 29.4 Å². The van der Waals surface area contributed by atoms with E-state index in [1.165, 1.54) is 23.5 Å². The number of fused-ring (bicyclic) bond motifs is 1. The molecule has 0 unspecified atom stereocenters. The highest BCUT2D eigenvalue weighted by atomic mass is 35.5. The van der Waals surface area contributed by atoms with E-state index < -0.39 is 17.2 Å². The number of halogens is 4. The minimum atomic E-state index is -4.40. The zero-order valence-electron chi connectivity index (χ0n) is 21.9. The molecule has 4 fully saturated rings. The van der Waals surface area contributed by atoms with Crippen LogP contribution < -0.4 is 5.32 Å². The summed E-state index contributed by atoms with van der Waals surface area (Å²) >= 11 is 7.89. The minimum Gasteiger partial charge on any atom is -0.460 e. The van der Waals surface area contributed by atoms with Crippen molar-refractivity contribution in [1.29, 1.82) is 0 Å². The molecule has 4 aliphatic carbocycles. The molecule has 41 heavy (non-hydrogen) atoms. The largest absolute Gasteiger partial charge is 0.460 e. The smallest absolute Gasteiger partial charge is 0.416 e. The zero-order chi connectivity index (χ0) is 28.6. The number of hydrogen-bond donors (Lipinski definition) is 1. The van der Waals surface area contributed by atoms with E-state index in [1.54, 1.807) is 0 Å². The number of hydrogen-bond acceptors (Lipinski definition) is 4. The van der Waals surface area contributed by atoms with Crippen LogP contribution in [-0.2, 0) is 28.9 Å². The molecule has 2 heterocycles. The Kier molecular flexibility index (Phi) is 5.90. The van der Waals surface area contributed by atoms with Gasteiger partial charge in [-0.2, -0.15) is 13.2 Å². The van der Waals surface area contributed by atoms with Crippen LogP contribution in [0.5, 0.6) is 0 Å². The Morgan fingerprint density at radius 1 is 0.976 bits per heavy atom. The first-order valence-corrected chi connectivity index (χ1v) is 14.7. The van der Waals surface area contributed by atoms with Gasteiger partial charge in [0, 0.05) is 18.3 Å². The summed E-state index contributed by atoms with van der Waals surface area (Å²) < 4.78 is 47.6. The van der Waals surface area contributed by atoms with Crippen LogP contribution in [0.2, 0.25) is 4.34 Å². The average Bonchev–Trinajstić information content (AvgIpc) is 3.43. The van der Waals surface area contributed by atoms with Gasteiger partial charge >= 0.3 is 12.1 Å². The third-order valence-electron chi connectivity index (χ3n) is 9.21. The molecule has 4 saturated carbocycles. The summed E-state index contributed by atoms with van der Waals surface area (Å²) in [5.74, 6) is -0.411. The van der Waals surface area contributed by atoms with E-state index >= 15 is 0 Å². The SMILES string of the molecule is O=C(NC1(C23CC(C(=O)OCc4ccccc4)(C2)C3)CC1)c1c(Cl)sc2ccn(Cc3ccc(C(F)(F)F)cc3)c12. The Morgan fingerprint density at radius 2 is 1.66 bits per heavy atom. The molecule has 0 atom stereocenters. The molecule has 10 heteroatoms. The van der Waals surface area contributed by atoms with Gasteiger partial charge in [-0.3, -0.25) is 9.59 Å². The average molecular weight is 599 g/mol. The number of aromatic nitrogens is 1. The number of benzene rings is 2. The van der Waals surface area contributed by atoms with Crippen LogP contribution >= 0.6 is 22.9 Å². The number of esters is 1. The summed E-state index contributed by atoms with van der Waals surface area (Å²) in [5, 5.41) is 3.29. The van der Waals surface area contributed by atoms with Gasteiger partial charge < -0.3 is 14.6 Å². The van der Waals surface area contributed by atoms with Crippen molar-refractivity contribution in [3.05, 3.63) is 93.5 Å². The molecule has 2 aromatic heterocycles. The predicted octanol–water partition coefficient (Wildman–Crippen LogP) is 7.60. The number of rotatable bonds is 8. The highest BCUT2D eigenvalue weighted by Gasteiger charge is 2.81. The van der Waals surface area contributed by atoms with Crippen molar-refractivity contribution in [2.45, 2.75) is 57.0 Å². The quantitative estimate of drug-likeness (QED) is 0.213. The van der Waals surface area contributed by atoms with Gasteiger partial charge in [0.1, 0.15) is 10.9 Å². The van der Waals surface area contributed by atoms with E-state index in [0.29, 0.717) is 46.8 Å². The van der Waals surface area contributed by atoms with Gasteiger partial charge in [-0.05, 0) is 66.8 Å². The standard InChI is InChI=1S/C31H26ClF3N2O3S/c32-25-23(24-22(41-25)10-13-37(24)14-19-6-8-21(9-7-19)31(33,34)35)26(38)36-30(11-12-30)29-16-28(17-29,18-29)27(39)40-15-20-4-2-1-3-5-20/h1-10,13H,11-12,14-18H2,(H,36,38). The summed E-state index contributed by atoms with van der Waals surface area (Å²) in [4.78, 5) is 26.6. The molecular weight excluding hydrogens is 573 g/mol. The van der Waals surface area contributed by atoms with Crippen molar-refractivity contribution in [2.24, 2.45) is 10.8 Å². The second-order valence-corrected chi connectivity index (χ2v) is 13.4. The molecular formula is C31H26ClF3N2O3S. The normalized spacial score (nSPS) is 23.9. The number of nitrogens with one attached hydrogen (secondary N) is 1. The monoisotopic (exact) mass is 598 g/mol. The van der Waals surface area contributed by atoms with Crippen molar-refractivity contribution in [1.82, 2.24) is 9.88 Å². The van der Waals surface area contributed by atoms with E-state index in [2.05, 4.69) is 5.32 Å². The van der Waals surface area contributed by atoms with Crippen LogP contribution in [0.4, 0.5) is 13.2 Å². The third kappa shape index (κ3) is 4.27. The molecule has 0 radical (unpaired) electrons. The molecule has 5 nitrogen and oxygen atoms in total. The van der Waals surface area contributed by atoms with Crippen LogP contribution in [0.25, 0.3) is 10.2 Å². The van der Waals surface area contributed by atoms with Gasteiger partial charge in [0.15, 0.2) is 0 Å². The molecule has 1 N–H and O–H groups in total. The topological polar surface area (TPSA) is 60.3 Å². The molecule has 1 amide bonds. The van der Waals surface area contributed by atoms with E-state index in [1.807, 2.05) is 47.2 Å². The summed E-state index contributed by atoms with van der Waals surface area (Å²) in [6.07, 6.45) is 1.27. The van der Waals surface area contributed by atoms with Crippen LogP contribution in [0.15, 0.2) is 66.9 Å². The fourth-order valence-electron chi connectivity index (χ4n) is 6.95. The van der Waals surface area contributed by atoms with Gasteiger partial charge in [-0.15, -0.1) is 11.3 Å². The zero-order valence-corrected chi connectivity index (χ0v) is 23.5. The summed E-state index contributed by atoms with van der Waals surface area (Å²) in [7, 11) is 0. The van der Waals surface area contributed by atoms with E-state index in [0.717, 1.165) is 35.2 Å². The fourth-order valence-corrected chi connectivity index (χ4v) is 8.30. The van der Waals surface area contributed by atoms with Crippen LogP contribution in [0.1, 0.15) is 59.2 Å². The highest BCUT2D eigenvalue weighted by Crippen LogP contribution is 2.81. The minimum absolute atomic E-state index is 0.0989. The summed E-state index contributed by atoms with van der Waals surface area (Å²) in [6, 6.07) is 16.5. The number of ether oxygens (including phenoxy) is 1. The number of carbonyl (C=O) groups excluding carboxylic acids is 2. The van der Waals surface area contributed by atoms with Crippen LogP contribution in [0, 0.1) is 10.8 Å². The number of carbonyl (C=O) groups is 2. The first kappa shape index (κ1) is 26.6. The van der Waals surface area contributed by atoms with Crippen molar-refractivity contribution in [2.75, 3.05) is 0 Å². The van der Waals surface area contributed by atoms with Crippen LogP contribution in [-0.4, -0.2) is 22.0 Å². The molecule has 212 valence electrons. The lowest BCUT2D eigenvalue weighted by atomic mass is 9.32. The maximum Gasteiger partial charge on any atom is 0.416 e. The number of amides is 1. The molecule has 4 aliphatic rings. The summed E-state index contributed by atoms with van der Waals surface area (Å²) in [6.45, 7) is 0.562. The van der Waals surface area contributed by atoms with Gasteiger partial charge in [-0.1, -0.05) is 54.1 Å². The molecule has 2 aromatic carbocycles. The van der Waals surface area contributed by atoms with E-state index in [4.69, 9.17) is 16.3 Å². The third-order valence-corrected chi connectivity index (χ3v) is 10.6. The Hall–Kier alpha value is -3.30. The Bertz CT molecular complexity index is 1650. The van der Waals surface area contributed by atoms with Crippen molar-refractivity contribution in [3.8, 4) is 0 Å². The van der Waals surface area contributed by atoms with Gasteiger partial charge in [0.2, 0.25) is 0 Å². The van der Waals surface area contributed by atoms with Crippen molar-refractivity contribution >= 4 is 45.0 Å². The summed E-state index contributed by atoms with van der Waals surface area (Å²) in [5.41, 5.74) is 1.10. The van der Waals surface area contributed by atoms with Crippen molar-refractivity contribution < 1.29 is 27.5 Å². The van der Waals surface area contributed by atoms with E-state index in [9.17, 15) is 22.8 Å². The molecule has 0 spiro atoms. The number of nitrogens with zero attached hydrogens (tertiary/aromatic N) is 1. The molecule has 8 rings (SSSR count). The molecule has 2 bridgehead atoms. The van der Waals surface area contributed by atoms with Gasteiger partial charge in [0.25, 0.3) is 5.91 Å². The lowest BCUT2D eigenvalue weighted by Crippen LogP contribution is -2.73. The second-order valence-electron chi connectivity index (χ2n) is 11.8. The van der Waals surface area contributed by atoms with Gasteiger partial charge in [-0.25, -0.2) is 0 Å². The second kappa shape index (κ2) is 9.10. The Labute approximate surface area is 243 Å². The maximum atomic E-state index is 13.7. The molecule has 0 aliphatic heterocycles.